The minimum atomic E-state index is -3.09. The lowest BCUT2D eigenvalue weighted by atomic mass is 9.99. The molecule has 1 rings (SSSR count). The van der Waals surface area contributed by atoms with Crippen LogP contribution in [0, 0.1) is 0 Å². The highest BCUT2D eigenvalue weighted by atomic mass is 32.2. The summed E-state index contributed by atoms with van der Waals surface area (Å²) in [6, 6.07) is 4.01. The molecule has 18 heavy (non-hydrogen) atoms. The molecule has 0 bridgehead atoms. The van der Waals surface area contributed by atoms with Crippen molar-refractivity contribution in [3.63, 3.8) is 0 Å². The van der Waals surface area contributed by atoms with Gasteiger partial charge in [-0.1, -0.05) is 13.0 Å². The lowest BCUT2D eigenvalue weighted by Crippen LogP contribution is -2.52. The van der Waals surface area contributed by atoms with E-state index in [9.17, 15) is 8.42 Å². The van der Waals surface area contributed by atoms with E-state index in [2.05, 4.69) is 18.3 Å². The molecule has 1 N–H and O–H groups in total. The predicted molar refractivity (Wildman–Crippen MR) is 79.0 cm³/mol. The summed E-state index contributed by atoms with van der Waals surface area (Å²) in [5.74, 6) is 0. The molecule has 3 nitrogen and oxygen atoms in total. The van der Waals surface area contributed by atoms with Crippen molar-refractivity contribution in [2.45, 2.75) is 44.4 Å². The smallest absolute Gasteiger partial charge is 0.154 e. The fourth-order valence-corrected chi connectivity index (χ4v) is 3.21. The molecule has 0 aliphatic rings. The molecule has 1 unspecified atom stereocenters. The van der Waals surface area contributed by atoms with E-state index in [4.69, 9.17) is 0 Å². The lowest BCUT2D eigenvalue weighted by Gasteiger charge is -2.33. The Morgan fingerprint density at radius 1 is 1.44 bits per heavy atom. The highest BCUT2D eigenvalue weighted by Crippen LogP contribution is 2.24. The molecule has 1 heterocycles. The van der Waals surface area contributed by atoms with Crippen molar-refractivity contribution in [2.75, 3.05) is 12.8 Å². The average Bonchev–Trinajstić information content (AvgIpc) is 2.75. The Labute approximate surface area is 115 Å². The highest BCUT2D eigenvalue weighted by Gasteiger charge is 2.38. The normalized spacial score (nSPS) is 14.7. The monoisotopic (exact) mass is 289 g/mol. The van der Waals surface area contributed by atoms with Crippen LogP contribution in [0.25, 0.3) is 0 Å². The molecule has 0 fully saturated rings. The SMILES string of the molecule is CCCNC(Cc1cccs1)C(C)(C)S(C)(=O)=O. The predicted octanol–water partition coefficient (Wildman–Crippen LogP) is 2.48. The molecule has 104 valence electrons. The van der Waals surface area contributed by atoms with Gasteiger partial charge in [0.2, 0.25) is 0 Å². The van der Waals surface area contributed by atoms with Gasteiger partial charge in [0.15, 0.2) is 9.84 Å². The highest BCUT2D eigenvalue weighted by molar-refractivity contribution is 7.92. The Kier molecular flexibility index (Phi) is 5.37. The van der Waals surface area contributed by atoms with E-state index >= 15 is 0 Å². The van der Waals surface area contributed by atoms with Crippen LogP contribution in [-0.4, -0.2) is 32.0 Å². The molecule has 0 aliphatic heterocycles. The minimum absolute atomic E-state index is 0.0499. The van der Waals surface area contributed by atoms with E-state index in [-0.39, 0.29) is 6.04 Å². The van der Waals surface area contributed by atoms with Crippen molar-refractivity contribution in [1.29, 1.82) is 0 Å². The topological polar surface area (TPSA) is 46.2 Å². The Morgan fingerprint density at radius 3 is 2.56 bits per heavy atom. The molecule has 0 saturated heterocycles. The van der Waals surface area contributed by atoms with E-state index < -0.39 is 14.6 Å². The molecule has 1 aromatic rings. The number of nitrogens with one attached hydrogen (secondary N) is 1. The maximum Gasteiger partial charge on any atom is 0.154 e. The molecule has 0 radical (unpaired) electrons. The second-order valence-corrected chi connectivity index (χ2v) is 8.79. The first-order valence-electron chi connectivity index (χ1n) is 6.24. The summed E-state index contributed by atoms with van der Waals surface area (Å²) < 4.78 is 23.1. The van der Waals surface area contributed by atoms with Gasteiger partial charge in [-0.05, 0) is 44.7 Å². The van der Waals surface area contributed by atoms with Gasteiger partial charge in [0.05, 0.1) is 4.75 Å². The van der Waals surface area contributed by atoms with Gasteiger partial charge in [-0.2, -0.15) is 0 Å². The summed E-state index contributed by atoms with van der Waals surface area (Å²) in [6.07, 6.45) is 3.08. The molecule has 0 amide bonds. The third kappa shape index (κ3) is 3.80. The van der Waals surface area contributed by atoms with Gasteiger partial charge in [-0.15, -0.1) is 11.3 Å². The van der Waals surface area contributed by atoms with Gasteiger partial charge in [-0.3, -0.25) is 0 Å². The summed E-state index contributed by atoms with van der Waals surface area (Å²) in [4.78, 5) is 1.22. The first-order chi connectivity index (χ1) is 8.29. The van der Waals surface area contributed by atoms with Crippen LogP contribution in [0.1, 0.15) is 32.1 Å². The Balaban J connectivity index is 2.90. The van der Waals surface area contributed by atoms with E-state index in [1.807, 2.05) is 25.3 Å². The zero-order valence-corrected chi connectivity index (χ0v) is 13.2. The van der Waals surface area contributed by atoms with Crippen molar-refractivity contribution in [1.82, 2.24) is 5.32 Å². The molecule has 0 aromatic carbocycles. The molecule has 0 aliphatic carbocycles. The van der Waals surface area contributed by atoms with Gasteiger partial charge in [-0.25, -0.2) is 8.42 Å². The van der Waals surface area contributed by atoms with Crippen molar-refractivity contribution in [2.24, 2.45) is 0 Å². The third-order valence-electron chi connectivity index (χ3n) is 3.42. The van der Waals surface area contributed by atoms with Crippen LogP contribution in [-0.2, 0) is 16.3 Å². The fourth-order valence-electron chi connectivity index (χ4n) is 1.77. The van der Waals surface area contributed by atoms with Crippen LogP contribution >= 0.6 is 11.3 Å². The van der Waals surface area contributed by atoms with Gasteiger partial charge < -0.3 is 5.32 Å². The average molecular weight is 289 g/mol. The summed E-state index contributed by atoms with van der Waals surface area (Å²) in [5.41, 5.74) is 0. The molecular weight excluding hydrogens is 266 g/mol. The summed E-state index contributed by atoms with van der Waals surface area (Å²) in [7, 11) is -3.09. The van der Waals surface area contributed by atoms with Gasteiger partial charge in [0.25, 0.3) is 0 Å². The zero-order chi connectivity index (χ0) is 13.8. The first-order valence-corrected chi connectivity index (χ1v) is 9.01. The van der Waals surface area contributed by atoms with Crippen LogP contribution in [0.15, 0.2) is 17.5 Å². The molecule has 5 heteroatoms. The standard InChI is InChI=1S/C13H23NO2S2/c1-5-8-14-12(10-11-7-6-9-17-11)13(2,3)18(4,15)16/h6-7,9,12,14H,5,8,10H2,1-4H3. The first kappa shape index (κ1) is 15.7. The van der Waals surface area contributed by atoms with Crippen LogP contribution in [0.4, 0.5) is 0 Å². The maximum atomic E-state index is 11.9. The molecule has 1 aromatic heterocycles. The van der Waals surface area contributed by atoms with Crippen molar-refractivity contribution < 1.29 is 8.42 Å². The molecule has 0 saturated carbocycles. The van der Waals surface area contributed by atoms with Crippen molar-refractivity contribution in [3.05, 3.63) is 22.4 Å². The number of rotatable bonds is 7. The molecule has 0 spiro atoms. The van der Waals surface area contributed by atoms with E-state index in [1.54, 1.807) is 11.3 Å². The quantitative estimate of drug-likeness (QED) is 0.839. The van der Waals surface area contributed by atoms with E-state index in [0.717, 1.165) is 19.4 Å². The number of hydrogen-bond donors (Lipinski definition) is 1. The van der Waals surface area contributed by atoms with Crippen LogP contribution in [0.2, 0.25) is 0 Å². The number of sulfone groups is 1. The lowest BCUT2D eigenvalue weighted by molar-refractivity contribution is 0.408. The van der Waals surface area contributed by atoms with Crippen LogP contribution < -0.4 is 5.32 Å². The Hall–Kier alpha value is -0.390. The fraction of sp³-hybridized carbons (Fsp3) is 0.692. The number of thiophene rings is 1. The van der Waals surface area contributed by atoms with Crippen LogP contribution in [0.3, 0.4) is 0 Å². The van der Waals surface area contributed by atoms with Crippen LogP contribution in [0.5, 0.6) is 0 Å². The number of hydrogen-bond acceptors (Lipinski definition) is 4. The summed E-state index contributed by atoms with van der Waals surface area (Å²) >= 11 is 1.68. The summed E-state index contributed by atoms with van der Waals surface area (Å²) in [6.45, 7) is 6.55. The summed E-state index contributed by atoms with van der Waals surface area (Å²) in [5, 5.41) is 5.41. The second kappa shape index (κ2) is 6.17. The van der Waals surface area contributed by atoms with E-state index in [1.165, 1.54) is 11.1 Å². The Morgan fingerprint density at radius 2 is 2.11 bits per heavy atom. The van der Waals surface area contributed by atoms with Gasteiger partial charge in [0.1, 0.15) is 0 Å². The van der Waals surface area contributed by atoms with Gasteiger partial charge >= 0.3 is 0 Å². The van der Waals surface area contributed by atoms with Crippen molar-refractivity contribution >= 4 is 21.2 Å². The third-order valence-corrected chi connectivity index (χ3v) is 6.52. The van der Waals surface area contributed by atoms with Gasteiger partial charge in [0, 0.05) is 17.2 Å². The Bertz CT molecular complexity index is 449. The van der Waals surface area contributed by atoms with E-state index in [0.29, 0.717) is 0 Å². The minimum Gasteiger partial charge on any atom is -0.312 e. The molecular formula is C13H23NO2S2. The zero-order valence-electron chi connectivity index (χ0n) is 11.6. The van der Waals surface area contributed by atoms with Crippen molar-refractivity contribution in [3.8, 4) is 0 Å². The maximum absolute atomic E-state index is 11.9. The largest absolute Gasteiger partial charge is 0.312 e. The second-order valence-electron chi connectivity index (χ2n) is 5.17. The molecule has 1 atom stereocenters.